The maximum Gasteiger partial charge on any atom is 0.140 e. The average Bonchev–Trinajstić information content (AvgIpc) is 2.74. The van der Waals surface area contributed by atoms with E-state index in [1.165, 1.54) is 5.56 Å². The number of likely N-dealkylation sites (tertiary alicyclic amines) is 1. The number of hydrogen-bond acceptors (Lipinski definition) is 3. The van der Waals surface area contributed by atoms with Crippen LogP contribution in [0.4, 0.5) is 0 Å². The van der Waals surface area contributed by atoms with Crippen molar-refractivity contribution >= 4 is 5.78 Å². The van der Waals surface area contributed by atoms with Gasteiger partial charge in [0.25, 0.3) is 0 Å². The van der Waals surface area contributed by atoms with E-state index in [-0.39, 0.29) is 5.92 Å². The minimum atomic E-state index is 0.00127. The second-order valence-corrected chi connectivity index (χ2v) is 7.49. The van der Waals surface area contributed by atoms with Crippen LogP contribution in [0.2, 0.25) is 0 Å². The molecule has 1 fully saturated rings. The van der Waals surface area contributed by atoms with Crippen LogP contribution in [0.15, 0.2) is 54.6 Å². The van der Waals surface area contributed by atoms with Crippen LogP contribution in [0.3, 0.4) is 0 Å². The maximum absolute atomic E-state index is 12.7. The Kier molecular flexibility index (Phi) is 7.05. The van der Waals surface area contributed by atoms with E-state index < -0.39 is 0 Å². The molecule has 0 spiro atoms. The lowest BCUT2D eigenvalue weighted by atomic mass is 9.77. The summed E-state index contributed by atoms with van der Waals surface area (Å²) >= 11 is 0. The summed E-state index contributed by atoms with van der Waals surface area (Å²) in [5, 5.41) is 0. The first-order valence-corrected chi connectivity index (χ1v) is 10.1. The van der Waals surface area contributed by atoms with Crippen molar-refractivity contribution in [1.82, 2.24) is 4.90 Å². The molecule has 3 heteroatoms. The molecule has 0 aliphatic carbocycles. The number of nitrogens with zero attached hydrogens (tertiary/aromatic N) is 1. The predicted octanol–water partition coefficient (Wildman–Crippen LogP) is 4.71. The topological polar surface area (TPSA) is 29.5 Å². The van der Waals surface area contributed by atoms with Gasteiger partial charge in [-0.2, -0.15) is 0 Å². The Balaban J connectivity index is 1.61. The zero-order chi connectivity index (χ0) is 19.1. The Bertz CT molecular complexity index is 720. The number of Topliss-reactive ketones (excluding diaryl/α,β-unsaturated/α-hetero) is 1. The molecule has 2 aromatic carbocycles. The van der Waals surface area contributed by atoms with Gasteiger partial charge >= 0.3 is 0 Å². The van der Waals surface area contributed by atoms with E-state index in [9.17, 15) is 4.79 Å². The van der Waals surface area contributed by atoms with Gasteiger partial charge in [-0.3, -0.25) is 4.79 Å². The van der Waals surface area contributed by atoms with Crippen molar-refractivity contribution in [3.8, 4) is 5.75 Å². The molecule has 1 heterocycles. The third-order valence-corrected chi connectivity index (χ3v) is 5.81. The molecule has 2 aromatic rings. The fraction of sp³-hybridized carbons (Fsp3) is 0.458. The van der Waals surface area contributed by atoms with E-state index in [2.05, 4.69) is 41.3 Å². The van der Waals surface area contributed by atoms with Gasteiger partial charge in [0.05, 0.1) is 7.11 Å². The van der Waals surface area contributed by atoms with Gasteiger partial charge in [-0.25, -0.2) is 0 Å². The monoisotopic (exact) mass is 365 g/mol. The Labute approximate surface area is 163 Å². The molecule has 144 valence electrons. The molecule has 1 saturated heterocycles. The van der Waals surface area contributed by atoms with Crippen LogP contribution in [-0.4, -0.2) is 37.4 Å². The van der Waals surface area contributed by atoms with Gasteiger partial charge in [0.2, 0.25) is 0 Å². The first-order chi connectivity index (χ1) is 13.2. The highest BCUT2D eigenvalue weighted by Gasteiger charge is 2.31. The number of ketones is 1. The molecule has 0 aromatic heterocycles. The highest BCUT2D eigenvalue weighted by atomic mass is 16.5. The molecule has 1 aliphatic rings. The van der Waals surface area contributed by atoms with Crippen molar-refractivity contribution in [3.05, 3.63) is 65.7 Å². The van der Waals surface area contributed by atoms with E-state index in [0.29, 0.717) is 18.1 Å². The molecule has 3 nitrogen and oxygen atoms in total. The number of carbonyl (C=O) groups excluding carboxylic acids is 1. The maximum atomic E-state index is 12.7. The van der Waals surface area contributed by atoms with Gasteiger partial charge in [0.15, 0.2) is 0 Å². The van der Waals surface area contributed by atoms with E-state index >= 15 is 0 Å². The molecule has 1 atom stereocenters. The summed E-state index contributed by atoms with van der Waals surface area (Å²) in [5.74, 6) is 1.62. The minimum Gasteiger partial charge on any atom is -0.497 e. The predicted molar refractivity (Wildman–Crippen MR) is 110 cm³/mol. The molecule has 3 rings (SSSR count). The van der Waals surface area contributed by atoms with Crippen molar-refractivity contribution in [2.45, 2.75) is 38.5 Å². The van der Waals surface area contributed by atoms with E-state index in [1.54, 1.807) is 7.11 Å². The normalized spacial score (nSPS) is 16.8. The van der Waals surface area contributed by atoms with E-state index in [0.717, 1.165) is 50.2 Å². The third kappa shape index (κ3) is 5.20. The molecule has 1 unspecified atom stereocenters. The fourth-order valence-electron chi connectivity index (χ4n) is 4.22. The van der Waals surface area contributed by atoms with Crippen molar-refractivity contribution in [2.75, 3.05) is 26.7 Å². The zero-order valence-corrected chi connectivity index (χ0v) is 16.6. The van der Waals surface area contributed by atoms with Gasteiger partial charge < -0.3 is 9.64 Å². The number of benzene rings is 2. The first-order valence-electron chi connectivity index (χ1n) is 10.1. The Hall–Kier alpha value is -2.13. The molecule has 1 aliphatic heterocycles. The molecule has 0 radical (unpaired) electrons. The summed E-state index contributed by atoms with van der Waals surface area (Å²) in [5.41, 5.74) is 2.51. The number of rotatable bonds is 8. The second kappa shape index (κ2) is 9.70. The molecule has 27 heavy (non-hydrogen) atoms. The summed E-state index contributed by atoms with van der Waals surface area (Å²) in [6.45, 7) is 5.23. The van der Waals surface area contributed by atoms with Crippen molar-refractivity contribution in [2.24, 2.45) is 5.92 Å². The van der Waals surface area contributed by atoms with Crippen LogP contribution in [0.1, 0.15) is 43.2 Å². The summed E-state index contributed by atoms with van der Waals surface area (Å²) in [4.78, 5) is 15.3. The molecule has 0 bridgehead atoms. The standard InChI is InChI=1S/C24H31NO2/c1-3-23(26)24(21-10-7-11-22(18-21)27-2)20-13-16-25(17-14-20)15-12-19-8-5-4-6-9-19/h4-11,18,20,24H,3,12-17H2,1-2H3. The lowest BCUT2D eigenvalue weighted by Crippen LogP contribution is -2.38. The largest absolute Gasteiger partial charge is 0.497 e. The van der Waals surface area contributed by atoms with E-state index in [1.807, 2.05) is 25.1 Å². The van der Waals surface area contributed by atoms with Gasteiger partial charge in [-0.1, -0.05) is 49.4 Å². The second-order valence-electron chi connectivity index (χ2n) is 7.49. The summed E-state index contributed by atoms with van der Waals surface area (Å²) < 4.78 is 5.38. The molecule has 0 saturated carbocycles. The SMILES string of the molecule is CCC(=O)C(c1cccc(OC)c1)C1CCN(CCc2ccccc2)CC1. The van der Waals surface area contributed by atoms with Crippen LogP contribution >= 0.6 is 0 Å². The van der Waals surface area contributed by atoms with Gasteiger partial charge in [0, 0.05) is 18.9 Å². The van der Waals surface area contributed by atoms with Gasteiger partial charge in [0.1, 0.15) is 11.5 Å². The van der Waals surface area contributed by atoms with Gasteiger partial charge in [-0.05, 0) is 61.5 Å². The number of hydrogen-bond donors (Lipinski definition) is 0. The van der Waals surface area contributed by atoms with Crippen LogP contribution in [0, 0.1) is 5.92 Å². The molecule has 0 N–H and O–H groups in total. The average molecular weight is 366 g/mol. The Morgan fingerprint density at radius 1 is 1.11 bits per heavy atom. The zero-order valence-electron chi connectivity index (χ0n) is 16.6. The Morgan fingerprint density at radius 2 is 1.85 bits per heavy atom. The summed E-state index contributed by atoms with van der Waals surface area (Å²) in [7, 11) is 1.68. The van der Waals surface area contributed by atoms with E-state index in [4.69, 9.17) is 4.74 Å². The van der Waals surface area contributed by atoms with Crippen LogP contribution < -0.4 is 4.74 Å². The molecular weight excluding hydrogens is 334 g/mol. The highest BCUT2D eigenvalue weighted by Crippen LogP contribution is 2.35. The third-order valence-electron chi connectivity index (χ3n) is 5.81. The van der Waals surface area contributed by atoms with Crippen LogP contribution in [0.5, 0.6) is 5.75 Å². The number of ether oxygens (including phenoxy) is 1. The smallest absolute Gasteiger partial charge is 0.140 e. The minimum absolute atomic E-state index is 0.00127. The number of carbonyl (C=O) groups is 1. The van der Waals surface area contributed by atoms with Crippen LogP contribution in [-0.2, 0) is 11.2 Å². The van der Waals surface area contributed by atoms with Gasteiger partial charge in [-0.15, -0.1) is 0 Å². The first kappa shape index (κ1) is 19.6. The van der Waals surface area contributed by atoms with Crippen molar-refractivity contribution in [3.63, 3.8) is 0 Å². The lowest BCUT2D eigenvalue weighted by molar-refractivity contribution is -0.121. The fourth-order valence-corrected chi connectivity index (χ4v) is 4.22. The van der Waals surface area contributed by atoms with Crippen molar-refractivity contribution in [1.29, 1.82) is 0 Å². The van der Waals surface area contributed by atoms with Crippen LogP contribution in [0.25, 0.3) is 0 Å². The lowest BCUT2D eigenvalue weighted by Gasteiger charge is -2.36. The highest BCUT2D eigenvalue weighted by molar-refractivity contribution is 5.86. The Morgan fingerprint density at radius 3 is 2.52 bits per heavy atom. The summed E-state index contributed by atoms with van der Waals surface area (Å²) in [6, 6.07) is 18.8. The molecule has 0 amide bonds. The molecular formula is C24H31NO2. The van der Waals surface area contributed by atoms with Crippen molar-refractivity contribution < 1.29 is 9.53 Å². The number of piperidine rings is 1. The number of methoxy groups -OCH3 is 1. The quantitative estimate of drug-likeness (QED) is 0.678. The summed E-state index contributed by atoms with van der Waals surface area (Å²) in [6.07, 6.45) is 3.86.